The first-order valence-electron chi connectivity index (χ1n) is 8.48. The van der Waals surface area contributed by atoms with E-state index in [1.807, 2.05) is 69.3 Å². The van der Waals surface area contributed by atoms with Gasteiger partial charge in [0, 0.05) is 23.0 Å². The molecule has 0 N–H and O–H groups in total. The van der Waals surface area contributed by atoms with Gasteiger partial charge in [-0.3, -0.25) is 4.99 Å². The quantitative estimate of drug-likeness (QED) is 0.544. The summed E-state index contributed by atoms with van der Waals surface area (Å²) < 4.78 is 6.67. The number of halogens is 1. The molecule has 2 aromatic carbocycles. The molecule has 0 aliphatic rings. The van der Waals surface area contributed by atoms with Gasteiger partial charge >= 0.3 is 6.09 Å². The summed E-state index contributed by atoms with van der Waals surface area (Å²) in [5, 5.41) is 0.676. The molecular weight excluding hydrogens is 362 g/mol. The first kappa shape index (κ1) is 18.9. The number of carbonyl (C=O) groups is 1. The third-order valence-electron chi connectivity index (χ3n) is 3.56. The van der Waals surface area contributed by atoms with Crippen LogP contribution in [0.25, 0.3) is 11.3 Å². The molecule has 5 nitrogen and oxygen atoms in total. The van der Waals surface area contributed by atoms with Gasteiger partial charge in [-0.15, -0.1) is 0 Å². The van der Waals surface area contributed by atoms with Gasteiger partial charge in [-0.1, -0.05) is 35.9 Å². The largest absolute Gasteiger partial charge is 0.443 e. The van der Waals surface area contributed by atoms with Crippen LogP contribution in [0.1, 0.15) is 26.3 Å². The van der Waals surface area contributed by atoms with Gasteiger partial charge in [-0.25, -0.2) is 14.3 Å². The average Bonchev–Trinajstić information content (AvgIpc) is 3.09. The SMILES string of the molecule is CC(C)(C)OC(=O)n1cnc(-c2ccc(/N=C\c3cccc(Cl)c3)cc2)c1. The second kappa shape index (κ2) is 7.76. The van der Waals surface area contributed by atoms with Crippen molar-refractivity contribution in [1.82, 2.24) is 9.55 Å². The van der Waals surface area contributed by atoms with Crippen molar-refractivity contribution in [3.63, 3.8) is 0 Å². The molecule has 0 saturated carbocycles. The Labute approximate surface area is 163 Å². The van der Waals surface area contributed by atoms with Crippen LogP contribution < -0.4 is 0 Å². The highest BCUT2D eigenvalue weighted by molar-refractivity contribution is 6.30. The zero-order chi connectivity index (χ0) is 19.4. The minimum absolute atomic E-state index is 0.455. The van der Waals surface area contributed by atoms with Crippen molar-refractivity contribution in [2.45, 2.75) is 26.4 Å². The van der Waals surface area contributed by atoms with Crippen molar-refractivity contribution >= 4 is 29.6 Å². The van der Waals surface area contributed by atoms with E-state index in [0.29, 0.717) is 10.7 Å². The van der Waals surface area contributed by atoms with E-state index in [4.69, 9.17) is 16.3 Å². The Morgan fingerprint density at radius 1 is 1.19 bits per heavy atom. The van der Waals surface area contributed by atoms with Crippen LogP contribution in [0.4, 0.5) is 10.5 Å². The van der Waals surface area contributed by atoms with E-state index in [2.05, 4.69) is 9.98 Å². The minimum Gasteiger partial charge on any atom is -0.443 e. The molecule has 3 aromatic rings. The normalized spacial score (nSPS) is 11.7. The van der Waals surface area contributed by atoms with Crippen LogP contribution in [0.3, 0.4) is 0 Å². The molecule has 0 bridgehead atoms. The molecular formula is C21H20ClN3O2. The summed E-state index contributed by atoms with van der Waals surface area (Å²) >= 11 is 5.97. The van der Waals surface area contributed by atoms with Crippen molar-refractivity contribution in [3.8, 4) is 11.3 Å². The Bertz CT molecular complexity index is 970. The first-order chi connectivity index (χ1) is 12.8. The number of hydrogen-bond donors (Lipinski definition) is 0. The predicted octanol–water partition coefficient (Wildman–Crippen LogP) is 5.74. The van der Waals surface area contributed by atoms with Crippen LogP contribution >= 0.6 is 11.6 Å². The summed E-state index contributed by atoms with van der Waals surface area (Å²) in [6.45, 7) is 5.47. The molecule has 27 heavy (non-hydrogen) atoms. The summed E-state index contributed by atoms with van der Waals surface area (Å²) in [6.07, 6.45) is 4.41. The minimum atomic E-state index is -0.551. The maximum absolute atomic E-state index is 12.1. The van der Waals surface area contributed by atoms with Crippen LogP contribution in [0.5, 0.6) is 0 Å². The van der Waals surface area contributed by atoms with Gasteiger partial charge in [0.1, 0.15) is 11.9 Å². The number of imidazole rings is 1. The van der Waals surface area contributed by atoms with Crippen molar-refractivity contribution < 1.29 is 9.53 Å². The van der Waals surface area contributed by atoms with E-state index in [1.54, 1.807) is 12.4 Å². The third kappa shape index (κ3) is 5.28. The number of benzene rings is 2. The monoisotopic (exact) mass is 381 g/mol. The molecule has 0 atom stereocenters. The van der Waals surface area contributed by atoms with Gasteiger partial charge < -0.3 is 4.74 Å². The van der Waals surface area contributed by atoms with E-state index < -0.39 is 11.7 Å². The second-order valence-corrected chi connectivity index (χ2v) is 7.44. The Kier molecular flexibility index (Phi) is 5.42. The fourth-order valence-corrected chi connectivity index (χ4v) is 2.54. The Morgan fingerprint density at radius 3 is 2.59 bits per heavy atom. The van der Waals surface area contributed by atoms with Crippen LogP contribution in [-0.2, 0) is 4.74 Å². The number of aliphatic imine (C=N–C) groups is 1. The van der Waals surface area contributed by atoms with E-state index in [-0.39, 0.29) is 0 Å². The molecule has 0 spiro atoms. The Hall–Kier alpha value is -2.92. The molecule has 6 heteroatoms. The standard InChI is InChI=1S/C21H20ClN3O2/c1-21(2,3)27-20(26)25-13-19(24-14-25)16-7-9-18(10-8-16)23-12-15-5-4-6-17(22)11-15/h4-14H,1-3H3/b23-12-. The molecule has 0 fully saturated rings. The molecule has 1 aromatic heterocycles. The van der Waals surface area contributed by atoms with Crippen LogP contribution in [0.15, 0.2) is 66.0 Å². The highest BCUT2D eigenvalue weighted by Gasteiger charge is 2.18. The van der Waals surface area contributed by atoms with Crippen molar-refractivity contribution in [2.24, 2.45) is 4.99 Å². The smallest absolute Gasteiger partial charge is 0.419 e. The van der Waals surface area contributed by atoms with Crippen LogP contribution in [0, 0.1) is 0 Å². The highest BCUT2D eigenvalue weighted by Crippen LogP contribution is 2.22. The van der Waals surface area contributed by atoms with Gasteiger partial charge in [-0.05, 0) is 50.6 Å². The maximum Gasteiger partial charge on any atom is 0.419 e. The zero-order valence-corrected chi connectivity index (χ0v) is 16.1. The first-order valence-corrected chi connectivity index (χ1v) is 8.85. The number of nitrogens with zero attached hydrogens (tertiary/aromatic N) is 3. The molecule has 0 unspecified atom stereocenters. The highest BCUT2D eigenvalue weighted by atomic mass is 35.5. The van der Waals surface area contributed by atoms with Crippen LogP contribution in [0.2, 0.25) is 5.02 Å². The predicted molar refractivity (Wildman–Crippen MR) is 108 cm³/mol. The van der Waals surface area contributed by atoms with Crippen LogP contribution in [-0.4, -0.2) is 27.5 Å². The topological polar surface area (TPSA) is 56.5 Å². The van der Waals surface area contributed by atoms with E-state index in [1.165, 1.54) is 10.9 Å². The van der Waals surface area contributed by atoms with Gasteiger partial charge in [0.15, 0.2) is 0 Å². The molecule has 3 rings (SSSR count). The number of ether oxygens (including phenoxy) is 1. The summed E-state index contributed by atoms with van der Waals surface area (Å²) in [6, 6.07) is 15.1. The van der Waals surface area contributed by atoms with Gasteiger partial charge in [-0.2, -0.15) is 0 Å². The molecule has 0 saturated heterocycles. The average molecular weight is 382 g/mol. The van der Waals surface area contributed by atoms with Gasteiger partial charge in [0.2, 0.25) is 0 Å². The van der Waals surface area contributed by atoms with Gasteiger partial charge in [0.25, 0.3) is 0 Å². The number of rotatable bonds is 3. The lowest BCUT2D eigenvalue weighted by Gasteiger charge is -2.19. The Morgan fingerprint density at radius 2 is 1.93 bits per heavy atom. The van der Waals surface area contributed by atoms with Crippen molar-refractivity contribution in [3.05, 3.63) is 71.6 Å². The summed E-state index contributed by atoms with van der Waals surface area (Å²) in [5.41, 5.74) is 2.77. The van der Waals surface area contributed by atoms with E-state index >= 15 is 0 Å². The van der Waals surface area contributed by atoms with Crippen molar-refractivity contribution in [1.29, 1.82) is 0 Å². The van der Waals surface area contributed by atoms with Gasteiger partial charge in [0.05, 0.1) is 11.4 Å². The lowest BCUT2D eigenvalue weighted by atomic mass is 10.1. The molecule has 1 heterocycles. The molecule has 0 amide bonds. The summed E-state index contributed by atoms with van der Waals surface area (Å²) in [4.78, 5) is 20.8. The van der Waals surface area contributed by atoms with E-state index in [0.717, 1.165) is 16.8 Å². The maximum atomic E-state index is 12.1. The molecule has 0 aliphatic carbocycles. The molecule has 138 valence electrons. The summed E-state index contributed by atoms with van der Waals surface area (Å²) in [7, 11) is 0. The lowest BCUT2D eigenvalue weighted by molar-refractivity contribution is 0.0536. The number of carbonyl (C=O) groups excluding carboxylic acids is 1. The molecule has 0 aliphatic heterocycles. The lowest BCUT2D eigenvalue weighted by Crippen LogP contribution is -2.26. The second-order valence-electron chi connectivity index (χ2n) is 7.01. The fraction of sp³-hybridized carbons (Fsp3) is 0.190. The zero-order valence-electron chi connectivity index (χ0n) is 15.4. The Balaban J connectivity index is 1.71. The van der Waals surface area contributed by atoms with Crippen molar-refractivity contribution in [2.75, 3.05) is 0 Å². The molecule has 0 radical (unpaired) electrons. The summed E-state index contributed by atoms with van der Waals surface area (Å²) in [5.74, 6) is 0. The fourth-order valence-electron chi connectivity index (χ4n) is 2.34. The number of aromatic nitrogens is 2. The number of hydrogen-bond acceptors (Lipinski definition) is 4. The third-order valence-corrected chi connectivity index (χ3v) is 3.80. The van der Waals surface area contributed by atoms with E-state index in [9.17, 15) is 4.79 Å².